The van der Waals surface area contributed by atoms with Crippen LogP contribution < -0.4 is 5.32 Å². The minimum Gasteiger partial charge on any atom is -0.356 e. The number of carbonyl (C=O) groups excluding carboxylic acids is 1. The zero-order valence-corrected chi connectivity index (χ0v) is 12.7. The highest BCUT2D eigenvalue weighted by Gasteiger charge is 1.99. The summed E-state index contributed by atoms with van der Waals surface area (Å²) in [6, 6.07) is 0. The Morgan fingerprint density at radius 2 is 1.44 bits per heavy atom. The zero-order chi connectivity index (χ0) is 13.5. The maximum Gasteiger partial charge on any atom is 0.219 e. The van der Waals surface area contributed by atoms with E-state index in [1.165, 1.54) is 51.4 Å². The van der Waals surface area contributed by atoms with Crippen LogP contribution in [0.4, 0.5) is 0 Å². The van der Waals surface area contributed by atoms with Gasteiger partial charge in [-0.2, -0.15) is 0 Å². The van der Waals surface area contributed by atoms with E-state index in [1.54, 1.807) is 0 Å². The molecule has 18 heavy (non-hydrogen) atoms. The van der Waals surface area contributed by atoms with Gasteiger partial charge in [-0.3, -0.25) is 4.79 Å². The van der Waals surface area contributed by atoms with Gasteiger partial charge in [0.1, 0.15) is 0 Å². The molecule has 0 heterocycles. The van der Waals surface area contributed by atoms with E-state index in [-0.39, 0.29) is 5.91 Å². The first-order chi connectivity index (χ1) is 8.81. The molecular weight excluding hydrogens is 246 g/mol. The molecule has 0 aliphatic rings. The third-order valence-electron chi connectivity index (χ3n) is 3.14. The Morgan fingerprint density at radius 3 is 2.00 bits per heavy atom. The smallest absolute Gasteiger partial charge is 0.219 e. The molecule has 0 rings (SSSR count). The summed E-state index contributed by atoms with van der Waals surface area (Å²) in [5.74, 6) is 0.807. The highest BCUT2D eigenvalue weighted by atomic mass is 35.5. The van der Waals surface area contributed by atoms with Crippen LogP contribution in [0, 0.1) is 0 Å². The monoisotopic (exact) mass is 275 g/mol. The van der Waals surface area contributed by atoms with Crippen molar-refractivity contribution in [2.75, 3.05) is 12.4 Å². The number of amides is 1. The topological polar surface area (TPSA) is 29.1 Å². The molecule has 108 valence electrons. The van der Waals surface area contributed by atoms with E-state index in [2.05, 4.69) is 12.2 Å². The molecule has 1 amide bonds. The van der Waals surface area contributed by atoms with Gasteiger partial charge in [-0.15, -0.1) is 11.6 Å². The number of alkyl halides is 1. The molecule has 3 heteroatoms. The fourth-order valence-electron chi connectivity index (χ4n) is 1.98. The van der Waals surface area contributed by atoms with Crippen LogP contribution in [0.25, 0.3) is 0 Å². The summed E-state index contributed by atoms with van der Waals surface area (Å²) in [5, 5.41) is 2.89. The van der Waals surface area contributed by atoms with Crippen LogP contribution in [0.5, 0.6) is 0 Å². The van der Waals surface area contributed by atoms with Gasteiger partial charge in [0.2, 0.25) is 5.91 Å². The first-order valence-electron chi connectivity index (χ1n) is 7.64. The zero-order valence-electron chi connectivity index (χ0n) is 12.0. The van der Waals surface area contributed by atoms with E-state index < -0.39 is 0 Å². The van der Waals surface area contributed by atoms with Crippen molar-refractivity contribution in [1.29, 1.82) is 0 Å². The summed E-state index contributed by atoms with van der Waals surface area (Å²) in [5.41, 5.74) is 0. The van der Waals surface area contributed by atoms with Crippen molar-refractivity contribution in [3.05, 3.63) is 0 Å². The van der Waals surface area contributed by atoms with E-state index in [0.717, 1.165) is 19.4 Å². The number of unbranched alkanes of at least 4 members (excludes halogenated alkanes) is 8. The Balaban J connectivity index is 3.08. The van der Waals surface area contributed by atoms with E-state index in [4.69, 9.17) is 11.6 Å². The molecule has 0 atom stereocenters. The Bertz CT molecular complexity index is 185. The molecule has 0 aliphatic carbocycles. The number of hydrogen-bond donors (Lipinski definition) is 1. The second kappa shape index (κ2) is 14.8. The molecule has 0 radical (unpaired) electrons. The molecule has 0 spiro atoms. The van der Waals surface area contributed by atoms with Crippen LogP contribution in [0.3, 0.4) is 0 Å². The highest BCUT2D eigenvalue weighted by molar-refractivity contribution is 6.17. The molecule has 0 saturated carbocycles. The summed E-state index contributed by atoms with van der Waals surface area (Å²) in [4.78, 5) is 11.4. The van der Waals surface area contributed by atoms with Crippen molar-refractivity contribution in [3.63, 3.8) is 0 Å². The van der Waals surface area contributed by atoms with Crippen molar-refractivity contribution < 1.29 is 4.79 Å². The minimum atomic E-state index is 0.183. The number of carbonyl (C=O) groups is 1. The summed E-state index contributed by atoms with van der Waals surface area (Å²) in [7, 11) is 0. The van der Waals surface area contributed by atoms with E-state index in [1.807, 2.05) is 0 Å². The van der Waals surface area contributed by atoms with Gasteiger partial charge in [-0.1, -0.05) is 58.3 Å². The third-order valence-corrected chi connectivity index (χ3v) is 3.41. The van der Waals surface area contributed by atoms with Crippen molar-refractivity contribution in [2.24, 2.45) is 0 Å². The first kappa shape index (κ1) is 17.8. The highest BCUT2D eigenvalue weighted by Crippen LogP contribution is 2.10. The largest absolute Gasteiger partial charge is 0.356 e. The fraction of sp³-hybridized carbons (Fsp3) is 0.933. The lowest BCUT2D eigenvalue weighted by Crippen LogP contribution is -2.24. The Hall–Kier alpha value is -0.240. The molecule has 0 aliphatic heterocycles. The standard InChI is InChI=1S/C15H30ClNO/c1-2-3-4-5-6-7-8-9-10-12-15(18)17-14-11-13-16/h2-14H2,1H3,(H,17,18). The average molecular weight is 276 g/mol. The maximum absolute atomic E-state index is 11.4. The van der Waals surface area contributed by atoms with Gasteiger partial charge in [0.15, 0.2) is 0 Å². The van der Waals surface area contributed by atoms with Crippen LogP contribution >= 0.6 is 11.6 Å². The molecule has 0 aromatic carbocycles. The van der Waals surface area contributed by atoms with Crippen LogP contribution in [0.1, 0.15) is 77.6 Å². The molecule has 0 aromatic rings. The minimum absolute atomic E-state index is 0.183. The van der Waals surface area contributed by atoms with Gasteiger partial charge >= 0.3 is 0 Å². The molecule has 0 unspecified atom stereocenters. The quantitative estimate of drug-likeness (QED) is 0.385. The lowest BCUT2D eigenvalue weighted by Gasteiger charge is -2.04. The van der Waals surface area contributed by atoms with Crippen molar-refractivity contribution in [2.45, 2.75) is 77.6 Å². The lowest BCUT2D eigenvalue weighted by molar-refractivity contribution is -0.121. The second-order valence-electron chi connectivity index (χ2n) is 4.97. The van der Waals surface area contributed by atoms with Gasteiger partial charge in [0.25, 0.3) is 0 Å². The van der Waals surface area contributed by atoms with Crippen molar-refractivity contribution in [3.8, 4) is 0 Å². The van der Waals surface area contributed by atoms with Crippen molar-refractivity contribution in [1.82, 2.24) is 5.32 Å². The first-order valence-corrected chi connectivity index (χ1v) is 8.17. The fourth-order valence-corrected chi connectivity index (χ4v) is 2.11. The van der Waals surface area contributed by atoms with Gasteiger partial charge in [-0.05, 0) is 12.8 Å². The van der Waals surface area contributed by atoms with Gasteiger partial charge in [-0.25, -0.2) is 0 Å². The Labute approximate surface area is 118 Å². The van der Waals surface area contributed by atoms with E-state index in [0.29, 0.717) is 12.3 Å². The average Bonchev–Trinajstić information content (AvgIpc) is 2.37. The van der Waals surface area contributed by atoms with E-state index >= 15 is 0 Å². The predicted molar refractivity (Wildman–Crippen MR) is 80.2 cm³/mol. The summed E-state index contributed by atoms with van der Waals surface area (Å²) >= 11 is 5.54. The molecule has 0 aromatic heterocycles. The number of nitrogens with one attached hydrogen (secondary N) is 1. The van der Waals surface area contributed by atoms with E-state index in [9.17, 15) is 4.79 Å². The molecule has 1 N–H and O–H groups in total. The summed E-state index contributed by atoms with van der Waals surface area (Å²) in [6.07, 6.45) is 13.2. The molecule has 2 nitrogen and oxygen atoms in total. The summed E-state index contributed by atoms with van der Waals surface area (Å²) < 4.78 is 0. The predicted octanol–water partition coefficient (Wildman–Crippen LogP) is 4.65. The Morgan fingerprint density at radius 1 is 0.889 bits per heavy atom. The van der Waals surface area contributed by atoms with Gasteiger partial charge in [0, 0.05) is 18.8 Å². The van der Waals surface area contributed by atoms with Gasteiger partial charge < -0.3 is 5.32 Å². The SMILES string of the molecule is CCCCCCCCCCCC(=O)NCCCCl. The molecule has 0 bridgehead atoms. The molecule has 0 fully saturated rings. The van der Waals surface area contributed by atoms with Crippen LogP contribution in [0.2, 0.25) is 0 Å². The number of halogens is 1. The summed E-state index contributed by atoms with van der Waals surface area (Å²) in [6.45, 7) is 2.97. The van der Waals surface area contributed by atoms with Crippen LogP contribution in [0.15, 0.2) is 0 Å². The Kier molecular flexibility index (Phi) is 14.6. The normalized spacial score (nSPS) is 10.6. The van der Waals surface area contributed by atoms with Crippen LogP contribution in [-0.2, 0) is 4.79 Å². The lowest BCUT2D eigenvalue weighted by atomic mass is 10.1. The maximum atomic E-state index is 11.4. The molecule has 0 saturated heterocycles. The third kappa shape index (κ3) is 13.8. The van der Waals surface area contributed by atoms with Crippen LogP contribution in [-0.4, -0.2) is 18.3 Å². The van der Waals surface area contributed by atoms with Gasteiger partial charge in [0.05, 0.1) is 0 Å². The second-order valence-corrected chi connectivity index (χ2v) is 5.35. The number of rotatable bonds is 13. The molecular formula is C15H30ClNO. The van der Waals surface area contributed by atoms with Crippen molar-refractivity contribution >= 4 is 17.5 Å². The number of hydrogen-bond acceptors (Lipinski definition) is 1.